The van der Waals surface area contributed by atoms with Crippen molar-refractivity contribution in [3.8, 4) is 0 Å². The fraction of sp³-hybridized carbons (Fsp3) is 0.632. The van der Waals surface area contributed by atoms with Gasteiger partial charge in [-0.15, -0.1) is 0 Å². The summed E-state index contributed by atoms with van der Waals surface area (Å²) in [7, 11) is -3.53. The van der Waals surface area contributed by atoms with Crippen molar-refractivity contribution >= 4 is 27.3 Å². The quantitative estimate of drug-likeness (QED) is 0.749. The van der Waals surface area contributed by atoms with Crippen LogP contribution in [0.3, 0.4) is 0 Å². The largest absolute Gasteiger partial charge is 0.370 e. The Kier molecular flexibility index (Phi) is 7.46. The lowest BCUT2D eigenvalue weighted by atomic mass is 10.2. The van der Waals surface area contributed by atoms with Crippen LogP contribution in [-0.2, 0) is 14.8 Å². The average molecular weight is 382 g/mol. The van der Waals surface area contributed by atoms with E-state index in [2.05, 4.69) is 10.2 Å². The first-order chi connectivity index (χ1) is 12.4. The van der Waals surface area contributed by atoms with Gasteiger partial charge in [0.15, 0.2) is 0 Å². The van der Waals surface area contributed by atoms with Crippen LogP contribution in [0.5, 0.6) is 0 Å². The Hall–Kier alpha value is -1.60. The maximum absolute atomic E-state index is 13.0. The number of sulfonamides is 1. The van der Waals surface area contributed by atoms with Crippen LogP contribution < -0.4 is 10.2 Å². The molecule has 1 aromatic carbocycles. The third-order valence-electron chi connectivity index (χ3n) is 4.78. The average Bonchev–Trinajstić information content (AvgIpc) is 2.64. The molecule has 1 saturated heterocycles. The molecule has 1 heterocycles. The number of carbonyl (C=O) groups is 1. The first-order valence-corrected chi connectivity index (χ1v) is 11.1. The van der Waals surface area contributed by atoms with Crippen molar-refractivity contribution in [2.75, 3.05) is 36.4 Å². The minimum absolute atomic E-state index is 0.0894. The molecule has 7 heteroatoms. The molecule has 6 nitrogen and oxygen atoms in total. The van der Waals surface area contributed by atoms with Crippen molar-refractivity contribution in [3.05, 3.63) is 18.2 Å². The van der Waals surface area contributed by atoms with Crippen LogP contribution in [-0.4, -0.2) is 44.8 Å². The Balaban J connectivity index is 2.40. The highest BCUT2D eigenvalue weighted by Gasteiger charge is 2.27. The van der Waals surface area contributed by atoms with E-state index in [-0.39, 0.29) is 10.8 Å². The molecule has 0 bridgehead atoms. The number of rotatable bonds is 8. The van der Waals surface area contributed by atoms with Gasteiger partial charge in [0, 0.05) is 32.6 Å². The van der Waals surface area contributed by atoms with Crippen molar-refractivity contribution in [3.63, 3.8) is 0 Å². The van der Waals surface area contributed by atoms with Crippen LogP contribution >= 0.6 is 0 Å². The summed E-state index contributed by atoms with van der Waals surface area (Å²) < 4.78 is 27.5. The number of piperidine rings is 1. The fourth-order valence-electron chi connectivity index (χ4n) is 3.31. The number of hydrogen-bond acceptors (Lipinski definition) is 4. The molecule has 1 aliphatic rings. The first kappa shape index (κ1) is 20.7. The molecule has 1 amide bonds. The second kappa shape index (κ2) is 9.37. The van der Waals surface area contributed by atoms with Crippen molar-refractivity contribution in [1.82, 2.24) is 4.31 Å². The number of benzene rings is 1. The van der Waals surface area contributed by atoms with Crippen LogP contribution in [0.15, 0.2) is 23.1 Å². The van der Waals surface area contributed by atoms with Gasteiger partial charge in [0.1, 0.15) is 0 Å². The monoisotopic (exact) mass is 381 g/mol. The van der Waals surface area contributed by atoms with Crippen LogP contribution in [0.25, 0.3) is 0 Å². The molecule has 1 N–H and O–H groups in total. The predicted molar refractivity (Wildman–Crippen MR) is 106 cm³/mol. The minimum atomic E-state index is -3.53. The van der Waals surface area contributed by atoms with Gasteiger partial charge in [0.05, 0.1) is 16.3 Å². The number of amides is 1. The zero-order chi connectivity index (χ0) is 19.2. The van der Waals surface area contributed by atoms with Gasteiger partial charge in [0.2, 0.25) is 15.9 Å². The molecule has 146 valence electrons. The van der Waals surface area contributed by atoms with E-state index < -0.39 is 10.0 Å². The Labute approximate surface area is 157 Å². The van der Waals surface area contributed by atoms with E-state index in [9.17, 15) is 13.2 Å². The van der Waals surface area contributed by atoms with E-state index >= 15 is 0 Å². The summed E-state index contributed by atoms with van der Waals surface area (Å²) in [5.74, 6) is -0.0894. The number of hydrogen-bond donors (Lipinski definition) is 1. The lowest BCUT2D eigenvalue weighted by Crippen LogP contribution is -2.35. The number of nitrogens with one attached hydrogen (secondary N) is 1. The molecule has 0 unspecified atom stereocenters. The smallest absolute Gasteiger partial charge is 0.243 e. The van der Waals surface area contributed by atoms with E-state index in [4.69, 9.17) is 0 Å². The molecule has 0 radical (unpaired) electrons. The topological polar surface area (TPSA) is 69.7 Å². The van der Waals surface area contributed by atoms with E-state index in [1.807, 2.05) is 26.8 Å². The van der Waals surface area contributed by atoms with Gasteiger partial charge in [-0.05, 0) is 51.3 Å². The van der Waals surface area contributed by atoms with Crippen LogP contribution in [0.1, 0.15) is 52.9 Å². The van der Waals surface area contributed by atoms with Gasteiger partial charge in [-0.3, -0.25) is 4.79 Å². The molecule has 2 rings (SSSR count). The lowest BCUT2D eigenvalue weighted by Gasteiger charge is -2.28. The fourth-order valence-corrected chi connectivity index (χ4v) is 4.85. The molecule has 0 atom stereocenters. The maximum atomic E-state index is 13.0. The standard InChI is InChI=1S/C19H31N3O3S/c1-4-10-19(23)20-17-15-16(11-12-18(17)21(5-2)6-3)26(24,25)22-13-8-7-9-14-22/h11-12,15H,4-10,13-14H2,1-3H3,(H,20,23). The van der Waals surface area contributed by atoms with Gasteiger partial charge >= 0.3 is 0 Å². The van der Waals surface area contributed by atoms with Crippen LogP contribution in [0.4, 0.5) is 11.4 Å². The van der Waals surface area contributed by atoms with Gasteiger partial charge in [-0.1, -0.05) is 13.3 Å². The highest BCUT2D eigenvalue weighted by molar-refractivity contribution is 7.89. The van der Waals surface area contributed by atoms with Gasteiger partial charge in [-0.25, -0.2) is 8.42 Å². The molecule has 1 aliphatic heterocycles. The van der Waals surface area contributed by atoms with Gasteiger partial charge in [0.25, 0.3) is 0 Å². The molecular formula is C19H31N3O3S. The van der Waals surface area contributed by atoms with Crippen molar-refractivity contribution in [2.45, 2.75) is 57.8 Å². The summed E-state index contributed by atoms with van der Waals surface area (Å²) in [5, 5.41) is 2.91. The van der Waals surface area contributed by atoms with E-state index in [1.165, 1.54) is 0 Å². The molecule has 1 fully saturated rings. The molecule has 26 heavy (non-hydrogen) atoms. The van der Waals surface area contributed by atoms with Gasteiger partial charge in [-0.2, -0.15) is 4.31 Å². The summed E-state index contributed by atoms with van der Waals surface area (Å²) in [6.45, 7) is 8.73. The summed E-state index contributed by atoms with van der Waals surface area (Å²) >= 11 is 0. The summed E-state index contributed by atoms with van der Waals surface area (Å²) in [4.78, 5) is 14.5. The summed E-state index contributed by atoms with van der Waals surface area (Å²) in [6.07, 6.45) is 4.04. The molecular weight excluding hydrogens is 350 g/mol. The minimum Gasteiger partial charge on any atom is -0.370 e. The third-order valence-corrected chi connectivity index (χ3v) is 6.67. The number of nitrogens with zero attached hydrogens (tertiary/aromatic N) is 2. The Morgan fingerprint density at radius 1 is 1.12 bits per heavy atom. The molecule has 0 spiro atoms. The zero-order valence-electron chi connectivity index (χ0n) is 16.1. The maximum Gasteiger partial charge on any atom is 0.243 e. The van der Waals surface area contributed by atoms with Crippen LogP contribution in [0.2, 0.25) is 0 Å². The highest BCUT2D eigenvalue weighted by atomic mass is 32.2. The second-order valence-electron chi connectivity index (χ2n) is 6.61. The Morgan fingerprint density at radius 2 is 1.77 bits per heavy atom. The van der Waals surface area contributed by atoms with Gasteiger partial charge < -0.3 is 10.2 Å². The molecule has 0 aliphatic carbocycles. The number of anilines is 2. The second-order valence-corrected chi connectivity index (χ2v) is 8.55. The Bertz CT molecular complexity index is 709. The van der Waals surface area contributed by atoms with E-state index in [0.29, 0.717) is 25.2 Å². The predicted octanol–water partition coefficient (Wildman–Crippen LogP) is 3.45. The van der Waals surface area contributed by atoms with E-state index in [1.54, 1.807) is 16.4 Å². The molecule has 0 aromatic heterocycles. The molecule has 0 saturated carbocycles. The summed E-state index contributed by atoms with van der Waals surface area (Å²) in [6, 6.07) is 5.09. The summed E-state index contributed by atoms with van der Waals surface area (Å²) in [5.41, 5.74) is 1.43. The zero-order valence-corrected chi connectivity index (χ0v) is 16.9. The lowest BCUT2D eigenvalue weighted by molar-refractivity contribution is -0.116. The Morgan fingerprint density at radius 3 is 2.35 bits per heavy atom. The van der Waals surface area contributed by atoms with Crippen molar-refractivity contribution < 1.29 is 13.2 Å². The highest BCUT2D eigenvalue weighted by Crippen LogP contribution is 2.31. The SMILES string of the molecule is CCCC(=O)Nc1cc(S(=O)(=O)N2CCCCC2)ccc1N(CC)CC. The molecule has 1 aromatic rings. The normalized spacial score (nSPS) is 15.7. The first-order valence-electron chi connectivity index (χ1n) is 9.63. The number of carbonyl (C=O) groups excluding carboxylic acids is 1. The van der Waals surface area contributed by atoms with Crippen molar-refractivity contribution in [2.24, 2.45) is 0 Å². The van der Waals surface area contributed by atoms with Crippen LogP contribution in [0, 0.1) is 0 Å². The van der Waals surface area contributed by atoms with E-state index in [0.717, 1.165) is 44.5 Å². The third kappa shape index (κ3) is 4.76. The van der Waals surface area contributed by atoms with Crippen molar-refractivity contribution in [1.29, 1.82) is 0 Å².